The van der Waals surface area contributed by atoms with Crippen molar-refractivity contribution in [3.8, 4) is 11.6 Å². The summed E-state index contributed by atoms with van der Waals surface area (Å²) in [6.07, 6.45) is 0.545. The molecule has 4 heterocycles. The number of nitrogens with zero attached hydrogens (tertiary/aromatic N) is 4. The van der Waals surface area contributed by atoms with E-state index in [-0.39, 0.29) is 30.4 Å². The smallest absolute Gasteiger partial charge is 0.459 e. The van der Waals surface area contributed by atoms with Crippen LogP contribution in [0.15, 0.2) is 36.7 Å². The molecule has 3 aromatic rings. The first kappa shape index (κ1) is 25.8. The average Bonchev–Trinajstić information content (AvgIpc) is 3.44. The van der Waals surface area contributed by atoms with Gasteiger partial charge in [0, 0.05) is 25.2 Å². The number of hydrogen-bond acceptors (Lipinski definition) is 11. The van der Waals surface area contributed by atoms with E-state index >= 15 is 0 Å². The van der Waals surface area contributed by atoms with Crippen LogP contribution in [-0.2, 0) is 18.6 Å². The van der Waals surface area contributed by atoms with E-state index in [0.717, 1.165) is 0 Å². The summed E-state index contributed by atoms with van der Waals surface area (Å²) in [5.41, 5.74) is 6.67. The number of imidazole rings is 1. The van der Waals surface area contributed by atoms with Crippen LogP contribution in [0.25, 0.3) is 11.2 Å². The van der Waals surface area contributed by atoms with Gasteiger partial charge in [0.25, 0.3) is 0 Å². The molecule has 2 aromatic heterocycles. The molecule has 37 heavy (non-hydrogen) atoms. The van der Waals surface area contributed by atoms with Gasteiger partial charge in [0.05, 0.1) is 26.1 Å². The van der Waals surface area contributed by atoms with Crippen LogP contribution in [0.2, 0.25) is 0 Å². The molecule has 5 unspecified atom stereocenters. The molecular formula is C23H31N6O7P. The van der Waals surface area contributed by atoms with E-state index in [4.69, 9.17) is 29.0 Å². The maximum Gasteiger partial charge on any atom is 0.459 e. The van der Waals surface area contributed by atoms with Gasteiger partial charge in [0.1, 0.15) is 18.1 Å². The van der Waals surface area contributed by atoms with Crippen molar-refractivity contribution in [2.24, 2.45) is 5.92 Å². The van der Waals surface area contributed by atoms with E-state index in [9.17, 15) is 9.67 Å². The Hall–Kier alpha value is -2.80. The van der Waals surface area contributed by atoms with Crippen LogP contribution in [0.3, 0.4) is 0 Å². The van der Waals surface area contributed by atoms with Gasteiger partial charge >= 0.3 is 7.75 Å². The number of aliphatic hydroxyl groups excluding tert-OH is 1. The first-order chi connectivity index (χ1) is 17.9. The van der Waals surface area contributed by atoms with Crippen molar-refractivity contribution < 1.29 is 32.9 Å². The first-order valence-electron chi connectivity index (χ1n) is 12.1. The Labute approximate surface area is 213 Å². The van der Waals surface area contributed by atoms with Gasteiger partial charge in [-0.1, -0.05) is 25.1 Å². The fraction of sp³-hybridized carbons (Fsp3) is 0.522. The average molecular weight is 535 g/mol. The van der Waals surface area contributed by atoms with Crippen LogP contribution in [-0.4, -0.2) is 69.8 Å². The van der Waals surface area contributed by atoms with Gasteiger partial charge in [-0.3, -0.25) is 9.09 Å². The molecule has 5 rings (SSSR count). The second-order valence-corrected chi connectivity index (χ2v) is 10.7. The minimum Gasteiger partial charge on any atom is -0.479 e. The zero-order chi connectivity index (χ0) is 26.0. The lowest BCUT2D eigenvalue weighted by Crippen LogP contribution is -2.36. The van der Waals surface area contributed by atoms with Crippen molar-refractivity contribution in [2.75, 3.05) is 32.7 Å². The Bertz CT molecular complexity index is 1260. The topological polar surface area (TPSA) is 165 Å². The normalized spacial score (nSPS) is 26.2. The SMILES string of the molecule is COc1nc(N)nc2c1ncn2C1OC(COP(=O)(NC2CCOCC2)Oc2ccccc2)C(O)C1C. The number of ether oxygens (including phenoxy) is 3. The molecular weight excluding hydrogens is 503 g/mol. The van der Waals surface area contributed by atoms with Gasteiger partial charge in [-0.2, -0.15) is 9.97 Å². The Morgan fingerprint density at radius 1 is 1.24 bits per heavy atom. The largest absolute Gasteiger partial charge is 0.479 e. The van der Waals surface area contributed by atoms with Gasteiger partial charge in [-0.15, -0.1) is 0 Å². The second-order valence-electron chi connectivity index (χ2n) is 9.04. The summed E-state index contributed by atoms with van der Waals surface area (Å²) >= 11 is 0. The fourth-order valence-electron chi connectivity index (χ4n) is 4.51. The van der Waals surface area contributed by atoms with Crippen LogP contribution in [0.4, 0.5) is 5.95 Å². The molecule has 0 aliphatic carbocycles. The number of nitrogens with two attached hydrogens (primary N) is 1. The van der Waals surface area contributed by atoms with Crippen LogP contribution >= 0.6 is 7.75 Å². The van der Waals surface area contributed by atoms with E-state index in [1.807, 2.05) is 13.0 Å². The van der Waals surface area contributed by atoms with E-state index in [1.165, 1.54) is 13.4 Å². The van der Waals surface area contributed by atoms with Gasteiger partial charge in [-0.05, 0) is 25.0 Å². The van der Waals surface area contributed by atoms with Crippen LogP contribution in [0.1, 0.15) is 26.0 Å². The molecule has 0 bridgehead atoms. The summed E-state index contributed by atoms with van der Waals surface area (Å²) in [6, 6.07) is 8.71. The Kier molecular flexibility index (Phi) is 7.61. The fourth-order valence-corrected chi connectivity index (χ4v) is 6.14. The molecule has 14 heteroatoms. The van der Waals surface area contributed by atoms with Gasteiger partial charge < -0.3 is 29.6 Å². The lowest BCUT2D eigenvalue weighted by atomic mass is 10.0. The predicted molar refractivity (Wildman–Crippen MR) is 133 cm³/mol. The highest BCUT2D eigenvalue weighted by atomic mass is 31.2. The summed E-state index contributed by atoms with van der Waals surface area (Å²) in [4.78, 5) is 12.7. The highest BCUT2D eigenvalue weighted by Gasteiger charge is 2.44. The van der Waals surface area contributed by atoms with Gasteiger partial charge in [0.15, 0.2) is 11.2 Å². The highest BCUT2D eigenvalue weighted by molar-refractivity contribution is 7.52. The number of rotatable bonds is 9. The summed E-state index contributed by atoms with van der Waals surface area (Å²) < 4.78 is 44.0. The standard InChI is InChI=1S/C23H31N6O7P/c1-14-19(30)17(35-22(14)29-13-25-18-20(29)26-23(24)27-21(18)32-2)12-34-37(31,28-15-8-10-33-11-9-15)36-16-6-4-3-5-7-16/h3-7,13-15,17,19,22,30H,8-12H2,1-2H3,(H,28,31)(H2,24,26,27). The third-order valence-electron chi connectivity index (χ3n) is 6.50. The number of nitrogen functional groups attached to an aromatic ring is 1. The van der Waals surface area contributed by atoms with E-state index in [0.29, 0.717) is 43.0 Å². The molecule has 2 aliphatic heterocycles. The summed E-state index contributed by atoms with van der Waals surface area (Å²) in [7, 11) is -2.35. The zero-order valence-electron chi connectivity index (χ0n) is 20.6. The van der Waals surface area contributed by atoms with Crippen molar-refractivity contribution >= 4 is 24.9 Å². The van der Waals surface area contributed by atoms with Crippen molar-refractivity contribution in [3.63, 3.8) is 0 Å². The molecule has 1 aromatic carbocycles. The summed E-state index contributed by atoms with van der Waals surface area (Å²) in [5.74, 6) is 0.299. The van der Waals surface area contributed by atoms with E-state index < -0.39 is 26.2 Å². The number of nitrogens with one attached hydrogen (secondary N) is 1. The van der Waals surface area contributed by atoms with Crippen LogP contribution in [0.5, 0.6) is 11.6 Å². The molecule has 4 N–H and O–H groups in total. The molecule has 0 radical (unpaired) electrons. The van der Waals surface area contributed by atoms with Gasteiger partial charge in [-0.25, -0.2) is 14.6 Å². The quantitative estimate of drug-likeness (QED) is 0.344. The predicted octanol–water partition coefficient (Wildman–Crippen LogP) is 2.28. The highest BCUT2D eigenvalue weighted by Crippen LogP contribution is 2.47. The summed E-state index contributed by atoms with van der Waals surface area (Å²) in [5, 5.41) is 14.0. The van der Waals surface area contributed by atoms with Crippen LogP contribution < -0.4 is 20.1 Å². The number of aromatic nitrogens is 4. The number of benzene rings is 1. The maximum absolute atomic E-state index is 13.8. The third-order valence-corrected chi connectivity index (χ3v) is 8.12. The Morgan fingerprint density at radius 3 is 2.73 bits per heavy atom. The number of fused-ring (bicyclic) bond motifs is 1. The molecule has 0 spiro atoms. The lowest BCUT2D eigenvalue weighted by molar-refractivity contribution is -0.0416. The summed E-state index contributed by atoms with van der Waals surface area (Å²) in [6.45, 7) is 2.79. The number of hydrogen-bond donors (Lipinski definition) is 3. The molecule has 200 valence electrons. The minimum atomic E-state index is -3.81. The maximum atomic E-state index is 13.8. The van der Waals surface area contributed by atoms with Crippen molar-refractivity contribution in [2.45, 2.75) is 44.2 Å². The Morgan fingerprint density at radius 2 is 2.00 bits per heavy atom. The lowest BCUT2D eigenvalue weighted by Gasteiger charge is -2.28. The number of para-hydroxylation sites is 1. The van der Waals surface area contributed by atoms with Crippen molar-refractivity contribution in [3.05, 3.63) is 36.7 Å². The molecule has 0 amide bonds. The monoisotopic (exact) mass is 534 g/mol. The molecule has 0 saturated carbocycles. The van der Waals surface area contributed by atoms with Gasteiger partial charge in [0.2, 0.25) is 11.8 Å². The number of aliphatic hydroxyl groups is 1. The molecule has 5 atom stereocenters. The third kappa shape index (κ3) is 5.57. The molecule has 2 fully saturated rings. The van der Waals surface area contributed by atoms with E-state index in [1.54, 1.807) is 28.8 Å². The molecule has 13 nitrogen and oxygen atoms in total. The molecule has 2 aliphatic rings. The number of anilines is 1. The van der Waals surface area contributed by atoms with Crippen molar-refractivity contribution in [1.29, 1.82) is 0 Å². The van der Waals surface area contributed by atoms with Crippen LogP contribution in [0, 0.1) is 5.92 Å². The Balaban J connectivity index is 1.33. The molecule has 2 saturated heterocycles. The van der Waals surface area contributed by atoms with E-state index in [2.05, 4.69) is 20.0 Å². The minimum absolute atomic E-state index is 0.0235. The zero-order valence-corrected chi connectivity index (χ0v) is 21.5. The van der Waals surface area contributed by atoms with Crippen molar-refractivity contribution in [1.82, 2.24) is 24.6 Å². The second kappa shape index (κ2) is 10.9. The first-order valence-corrected chi connectivity index (χ1v) is 13.6. The number of methoxy groups -OCH3 is 1.